The fraction of sp³-hybridized carbons (Fsp3) is 0.0690. The van der Waals surface area contributed by atoms with Crippen LogP contribution >= 0.6 is 11.6 Å². The molecule has 0 saturated heterocycles. The largest absolute Gasteiger partial charge is 0.481 e. The summed E-state index contributed by atoms with van der Waals surface area (Å²) in [5.74, 6) is 0.109. The maximum atomic E-state index is 12.3. The summed E-state index contributed by atoms with van der Waals surface area (Å²) in [5.41, 5.74) is 5.76. The summed E-state index contributed by atoms with van der Waals surface area (Å²) >= 11 is 5.84. The van der Waals surface area contributed by atoms with E-state index in [-0.39, 0.29) is 5.91 Å². The molecule has 7 heteroatoms. The Labute approximate surface area is 214 Å². The maximum absolute atomic E-state index is 12.3. The minimum Gasteiger partial charge on any atom is -0.481 e. The summed E-state index contributed by atoms with van der Waals surface area (Å²) in [7, 11) is 0. The van der Waals surface area contributed by atoms with E-state index >= 15 is 0 Å². The van der Waals surface area contributed by atoms with Crippen molar-refractivity contribution < 1.29 is 19.1 Å². The van der Waals surface area contributed by atoms with E-state index in [2.05, 4.69) is 10.5 Å². The lowest BCUT2D eigenvalue weighted by atomic mass is 10.1. The van der Waals surface area contributed by atoms with E-state index in [1.807, 2.05) is 54.6 Å². The van der Waals surface area contributed by atoms with E-state index < -0.39 is 12.1 Å². The zero-order chi connectivity index (χ0) is 25.3. The standard InChI is InChI=1S/C29H23ClN2O4/c1-20(35-26-17-11-23(12-18-26)22-5-3-2-4-6-22)28(33)32-31-19-21-7-15-27(16-8-21)36-29(34)24-9-13-25(30)14-10-24/h2-20H,1H3,(H,32,33). The van der Waals surface area contributed by atoms with Crippen molar-refractivity contribution in [3.8, 4) is 22.6 Å². The van der Waals surface area contributed by atoms with Gasteiger partial charge in [-0.2, -0.15) is 5.10 Å². The van der Waals surface area contributed by atoms with Crippen molar-refractivity contribution in [2.75, 3.05) is 0 Å². The molecule has 1 amide bonds. The highest BCUT2D eigenvalue weighted by Gasteiger charge is 2.14. The highest BCUT2D eigenvalue weighted by Crippen LogP contribution is 2.22. The van der Waals surface area contributed by atoms with Gasteiger partial charge < -0.3 is 9.47 Å². The number of nitrogens with one attached hydrogen (secondary N) is 1. The zero-order valence-electron chi connectivity index (χ0n) is 19.4. The topological polar surface area (TPSA) is 77.0 Å². The third-order valence-electron chi connectivity index (χ3n) is 5.20. The lowest BCUT2D eigenvalue weighted by Gasteiger charge is -2.13. The Morgan fingerprint density at radius 2 is 1.42 bits per heavy atom. The number of hydrogen-bond acceptors (Lipinski definition) is 5. The number of nitrogens with zero attached hydrogens (tertiary/aromatic N) is 1. The number of carbonyl (C=O) groups is 2. The average Bonchev–Trinajstić information content (AvgIpc) is 2.91. The molecular weight excluding hydrogens is 476 g/mol. The summed E-state index contributed by atoms with van der Waals surface area (Å²) in [6.07, 6.45) is 0.753. The Kier molecular flexibility index (Phi) is 8.11. The third-order valence-corrected chi connectivity index (χ3v) is 5.45. The van der Waals surface area contributed by atoms with Crippen LogP contribution in [0.3, 0.4) is 0 Å². The molecular formula is C29H23ClN2O4. The minimum absolute atomic E-state index is 0.382. The molecule has 4 rings (SSSR count). The van der Waals surface area contributed by atoms with Crippen LogP contribution in [0.5, 0.6) is 11.5 Å². The lowest BCUT2D eigenvalue weighted by molar-refractivity contribution is -0.127. The van der Waals surface area contributed by atoms with Gasteiger partial charge in [0.05, 0.1) is 11.8 Å². The van der Waals surface area contributed by atoms with E-state index in [4.69, 9.17) is 21.1 Å². The van der Waals surface area contributed by atoms with E-state index in [0.29, 0.717) is 27.6 Å². The highest BCUT2D eigenvalue weighted by atomic mass is 35.5. The van der Waals surface area contributed by atoms with Crippen LogP contribution in [0.2, 0.25) is 5.02 Å². The quantitative estimate of drug-likeness (QED) is 0.137. The van der Waals surface area contributed by atoms with Gasteiger partial charge in [-0.3, -0.25) is 4.79 Å². The molecule has 0 aromatic heterocycles. The summed E-state index contributed by atoms with van der Waals surface area (Å²) in [6.45, 7) is 1.65. The molecule has 0 saturated carbocycles. The number of hydrazone groups is 1. The Hall–Kier alpha value is -4.42. The molecule has 0 radical (unpaired) electrons. The first-order valence-corrected chi connectivity index (χ1v) is 11.6. The number of amides is 1. The SMILES string of the molecule is CC(Oc1ccc(-c2ccccc2)cc1)C(=O)NN=Cc1ccc(OC(=O)c2ccc(Cl)cc2)cc1. The third kappa shape index (κ3) is 6.81. The lowest BCUT2D eigenvalue weighted by Crippen LogP contribution is -2.33. The van der Waals surface area contributed by atoms with E-state index in [9.17, 15) is 9.59 Å². The second-order valence-electron chi connectivity index (χ2n) is 7.85. The van der Waals surface area contributed by atoms with Gasteiger partial charge in [-0.05, 0) is 84.3 Å². The number of carbonyl (C=O) groups excluding carboxylic acids is 2. The Morgan fingerprint density at radius 3 is 2.08 bits per heavy atom. The van der Waals surface area contributed by atoms with Crippen LogP contribution in [-0.2, 0) is 4.79 Å². The van der Waals surface area contributed by atoms with Crippen LogP contribution in [0, 0.1) is 0 Å². The van der Waals surface area contributed by atoms with Gasteiger partial charge in [0.2, 0.25) is 0 Å². The molecule has 1 unspecified atom stereocenters. The van der Waals surface area contributed by atoms with Crippen molar-refractivity contribution >= 4 is 29.7 Å². The number of ether oxygens (including phenoxy) is 2. The van der Waals surface area contributed by atoms with E-state index in [1.54, 1.807) is 55.5 Å². The first-order chi connectivity index (χ1) is 17.5. The second kappa shape index (κ2) is 11.8. The summed E-state index contributed by atoms with van der Waals surface area (Å²) < 4.78 is 11.1. The average molecular weight is 499 g/mol. The van der Waals surface area contributed by atoms with Crippen LogP contribution in [0.4, 0.5) is 0 Å². The molecule has 0 aliphatic carbocycles. The molecule has 4 aromatic rings. The highest BCUT2D eigenvalue weighted by molar-refractivity contribution is 6.30. The van der Waals surface area contributed by atoms with Gasteiger partial charge in [-0.15, -0.1) is 0 Å². The van der Waals surface area contributed by atoms with Crippen molar-refractivity contribution in [2.24, 2.45) is 5.10 Å². The molecule has 1 N–H and O–H groups in total. The molecule has 0 bridgehead atoms. The predicted octanol–water partition coefficient (Wildman–Crippen LogP) is 6.14. The fourth-order valence-corrected chi connectivity index (χ4v) is 3.38. The van der Waals surface area contributed by atoms with Crippen molar-refractivity contribution in [3.63, 3.8) is 0 Å². The van der Waals surface area contributed by atoms with Crippen molar-refractivity contribution in [1.82, 2.24) is 5.43 Å². The van der Waals surface area contributed by atoms with E-state index in [0.717, 1.165) is 11.1 Å². The second-order valence-corrected chi connectivity index (χ2v) is 8.29. The van der Waals surface area contributed by atoms with Gasteiger partial charge in [-0.1, -0.05) is 54.1 Å². The summed E-state index contributed by atoms with van der Waals surface area (Å²) in [6, 6.07) is 30.7. The van der Waals surface area contributed by atoms with Gasteiger partial charge >= 0.3 is 5.97 Å². The predicted molar refractivity (Wildman–Crippen MR) is 141 cm³/mol. The normalized spacial score (nSPS) is 11.6. The first kappa shape index (κ1) is 24.7. The van der Waals surface area contributed by atoms with Gasteiger partial charge in [0, 0.05) is 5.02 Å². The molecule has 0 fully saturated rings. The number of halogens is 1. The monoisotopic (exact) mass is 498 g/mol. The molecule has 4 aromatic carbocycles. The maximum Gasteiger partial charge on any atom is 0.343 e. The minimum atomic E-state index is -0.737. The number of esters is 1. The van der Waals surface area contributed by atoms with Gasteiger partial charge in [0.1, 0.15) is 11.5 Å². The summed E-state index contributed by atoms with van der Waals surface area (Å²) in [4.78, 5) is 24.5. The molecule has 36 heavy (non-hydrogen) atoms. The molecule has 0 spiro atoms. The van der Waals surface area contributed by atoms with Gasteiger partial charge in [0.25, 0.3) is 5.91 Å². The Bertz CT molecular complexity index is 1340. The smallest absolute Gasteiger partial charge is 0.343 e. The molecule has 0 aliphatic rings. The fourth-order valence-electron chi connectivity index (χ4n) is 3.25. The summed E-state index contributed by atoms with van der Waals surface area (Å²) in [5, 5.41) is 4.52. The van der Waals surface area contributed by atoms with Crippen LogP contribution in [0.15, 0.2) is 108 Å². The van der Waals surface area contributed by atoms with Crippen LogP contribution in [-0.4, -0.2) is 24.2 Å². The zero-order valence-corrected chi connectivity index (χ0v) is 20.2. The van der Waals surface area contributed by atoms with Gasteiger partial charge in [0.15, 0.2) is 6.10 Å². The van der Waals surface area contributed by atoms with Crippen molar-refractivity contribution in [2.45, 2.75) is 13.0 Å². The van der Waals surface area contributed by atoms with Gasteiger partial charge in [-0.25, -0.2) is 10.2 Å². The molecule has 0 heterocycles. The van der Waals surface area contributed by atoms with Crippen molar-refractivity contribution in [1.29, 1.82) is 0 Å². The Morgan fingerprint density at radius 1 is 0.806 bits per heavy atom. The van der Waals surface area contributed by atoms with Crippen LogP contribution < -0.4 is 14.9 Å². The molecule has 1 atom stereocenters. The van der Waals surface area contributed by atoms with E-state index in [1.165, 1.54) is 6.21 Å². The number of benzene rings is 4. The molecule has 0 aliphatic heterocycles. The molecule has 180 valence electrons. The van der Waals surface area contributed by atoms with Crippen LogP contribution in [0.1, 0.15) is 22.8 Å². The number of rotatable bonds is 8. The van der Waals surface area contributed by atoms with Crippen LogP contribution in [0.25, 0.3) is 11.1 Å². The molecule has 6 nitrogen and oxygen atoms in total. The number of hydrogen-bond donors (Lipinski definition) is 1. The van der Waals surface area contributed by atoms with Crippen molar-refractivity contribution in [3.05, 3.63) is 119 Å². The first-order valence-electron chi connectivity index (χ1n) is 11.2. The Balaban J connectivity index is 1.25.